The highest BCUT2D eigenvalue weighted by Gasteiger charge is 2.29. The van der Waals surface area contributed by atoms with E-state index >= 15 is 0 Å². The number of nitrogens with zero attached hydrogens (tertiary/aromatic N) is 2. The molecule has 2 rings (SSSR count). The minimum absolute atomic E-state index is 0.0522. The van der Waals surface area contributed by atoms with Gasteiger partial charge in [0.1, 0.15) is 6.04 Å². The summed E-state index contributed by atoms with van der Waals surface area (Å²) in [4.78, 5) is 27.8. The third-order valence-corrected chi connectivity index (χ3v) is 6.94. The maximum absolute atomic E-state index is 13.5. The van der Waals surface area contributed by atoms with Crippen LogP contribution < -0.4 is 5.32 Å². The van der Waals surface area contributed by atoms with Crippen LogP contribution in [0.25, 0.3) is 0 Å². The quantitative estimate of drug-likeness (QED) is 0.372. The molecule has 2 amide bonds. The van der Waals surface area contributed by atoms with Crippen molar-refractivity contribution in [2.75, 3.05) is 26.0 Å². The first-order valence-electron chi connectivity index (χ1n) is 11.9. The standard InChI is InChI=1S/C26H36ClN3O5S/c1-20(2)35-16-8-15-28-26(32)21(3)30(18-23-11-13-24(27)14-12-23)25(31)19-29(36(4,33)34)17-22-9-6-5-7-10-22/h5-7,9-14,20-21H,8,15-19H2,1-4H3,(H,28,32)/t21-/m1/s1. The molecule has 0 aliphatic heterocycles. The van der Waals surface area contributed by atoms with Gasteiger partial charge in [0.05, 0.1) is 18.9 Å². The summed E-state index contributed by atoms with van der Waals surface area (Å²) < 4.78 is 31.6. The zero-order chi connectivity index (χ0) is 26.7. The van der Waals surface area contributed by atoms with Crippen molar-refractivity contribution in [1.82, 2.24) is 14.5 Å². The van der Waals surface area contributed by atoms with Crippen LogP contribution in [0.15, 0.2) is 54.6 Å². The zero-order valence-electron chi connectivity index (χ0n) is 21.3. The monoisotopic (exact) mass is 537 g/mol. The molecule has 2 aromatic rings. The SMILES string of the molecule is CC(C)OCCCNC(=O)[C@@H](C)N(Cc1ccc(Cl)cc1)C(=O)CN(Cc1ccccc1)S(C)(=O)=O. The average Bonchev–Trinajstić information content (AvgIpc) is 2.82. The Balaban J connectivity index is 2.18. The number of amides is 2. The molecule has 36 heavy (non-hydrogen) atoms. The smallest absolute Gasteiger partial charge is 0.242 e. The Hall–Kier alpha value is -2.46. The molecule has 1 N–H and O–H groups in total. The number of nitrogens with one attached hydrogen (secondary N) is 1. The lowest BCUT2D eigenvalue weighted by atomic mass is 10.1. The molecule has 0 aromatic heterocycles. The van der Waals surface area contributed by atoms with E-state index in [0.29, 0.717) is 24.6 Å². The lowest BCUT2D eigenvalue weighted by Gasteiger charge is -2.31. The summed E-state index contributed by atoms with van der Waals surface area (Å²) >= 11 is 5.99. The molecule has 0 unspecified atom stereocenters. The predicted octanol–water partition coefficient (Wildman–Crippen LogP) is 3.45. The molecule has 0 saturated heterocycles. The van der Waals surface area contributed by atoms with Crippen molar-refractivity contribution in [3.63, 3.8) is 0 Å². The van der Waals surface area contributed by atoms with Gasteiger partial charge in [-0.25, -0.2) is 8.42 Å². The number of hydrogen-bond donors (Lipinski definition) is 1. The lowest BCUT2D eigenvalue weighted by Crippen LogP contribution is -2.51. The van der Waals surface area contributed by atoms with Crippen LogP contribution >= 0.6 is 11.6 Å². The summed E-state index contributed by atoms with van der Waals surface area (Å²) in [5.74, 6) is -0.798. The van der Waals surface area contributed by atoms with E-state index in [1.54, 1.807) is 43.3 Å². The first kappa shape index (κ1) is 29.8. The largest absolute Gasteiger partial charge is 0.379 e. The number of carbonyl (C=O) groups is 2. The molecule has 0 aliphatic carbocycles. The summed E-state index contributed by atoms with van der Waals surface area (Å²) in [5.41, 5.74) is 1.53. The molecule has 1 atom stereocenters. The topological polar surface area (TPSA) is 96.0 Å². The van der Waals surface area contributed by atoms with Crippen LogP contribution in [-0.2, 0) is 37.4 Å². The van der Waals surface area contributed by atoms with Gasteiger partial charge in [0.25, 0.3) is 0 Å². The van der Waals surface area contributed by atoms with Gasteiger partial charge in [-0.1, -0.05) is 54.1 Å². The van der Waals surface area contributed by atoms with Gasteiger partial charge in [-0.3, -0.25) is 9.59 Å². The zero-order valence-corrected chi connectivity index (χ0v) is 22.9. The summed E-state index contributed by atoms with van der Waals surface area (Å²) in [6.45, 7) is 6.24. The Bertz CT molecular complexity index is 1080. The van der Waals surface area contributed by atoms with Gasteiger partial charge in [-0.15, -0.1) is 0 Å². The summed E-state index contributed by atoms with van der Waals surface area (Å²) in [6, 6.07) is 15.2. The highest BCUT2D eigenvalue weighted by Crippen LogP contribution is 2.16. The second kappa shape index (κ2) is 14.3. The Morgan fingerprint density at radius 2 is 1.58 bits per heavy atom. The Morgan fingerprint density at radius 1 is 0.972 bits per heavy atom. The fraction of sp³-hybridized carbons (Fsp3) is 0.462. The first-order valence-corrected chi connectivity index (χ1v) is 14.1. The summed E-state index contributed by atoms with van der Waals surface area (Å²) in [7, 11) is -3.69. The third-order valence-electron chi connectivity index (χ3n) is 5.49. The fourth-order valence-electron chi connectivity index (χ4n) is 3.44. The van der Waals surface area contributed by atoms with Gasteiger partial charge in [-0.05, 0) is 50.5 Å². The number of ether oxygens (including phenoxy) is 1. The van der Waals surface area contributed by atoms with Crippen LogP contribution in [0.2, 0.25) is 5.02 Å². The molecule has 10 heteroatoms. The van der Waals surface area contributed by atoms with Crippen molar-refractivity contribution < 1.29 is 22.7 Å². The van der Waals surface area contributed by atoms with E-state index in [1.807, 2.05) is 32.0 Å². The molecule has 0 fully saturated rings. The van der Waals surface area contributed by atoms with Crippen molar-refractivity contribution in [2.45, 2.75) is 52.4 Å². The molecule has 0 heterocycles. The van der Waals surface area contributed by atoms with E-state index in [-0.39, 0.29) is 31.6 Å². The molecule has 0 aliphatic rings. The Kier molecular flexibility index (Phi) is 11.8. The van der Waals surface area contributed by atoms with Crippen molar-refractivity contribution in [3.05, 3.63) is 70.7 Å². The summed E-state index contributed by atoms with van der Waals surface area (Å²) in [6.07, 6.45) is 1.82. The van der Waals surface area contributed by atoms with Gasteiger partial charge in [-0.2, -0.15) is 4.31 Å². The van der Waals surface area contributed by atoms with Gasteiger partial charge >= 0.3 is 0 Å². The number of rotatable bonds is 14. The van der Waals surface area contributed by atoms with Crippen molar-refractivity contribution in [1.29, 1.82) is 0 Å². The van der Waals surface area contributed by atoms with E-state index in [1.165, 1.54) is 4.90 Å². The first-order chi connectivity index (χ1) is 17.0. The van der Waals surface area contributed by atoms with E-state index in [4.69, 9.17) is 16.3 Å². The highest BCUT2D eigenvalue weighted by molar-refractivity contribution is 7.88. The normalized spacial score (nSPS) is 12.5. The molecule has 198 valence electrons. The number of sulfonamides is 1. The molecule has 0 spiro atoms. The number of carbonyl (C=O) groups excluding carboxylic acids is 2. The van der Waals surface area contributed by atoms with Gasteiger partial charge in [0.15, 0.2) is 0 Å². The second-order valence-corrected chi connectivity index (χ2v) is 11.3. The second-order valence-electron chi connectivity index (χ2n) is 8.90. The Morgan fingerprint density at radius 3 is 2.17 bits per heavy atom. The van der Waals surface area contributed by atoms with Crippen molar-refractivity contribution in [3.8, 4) is 0 Å². The van der Waals surface area contributed by atoms with Crippen molar-refractivity contribution >= 4 is 33.4 Å². The molecule has 2 aromatic carbocycles. The molecule has 8 nitrogen and oxygen atoms in total. The van der Waals surface area contributed by atoms with Gasteiger partial charge < -0.3 is 15.0 Å². The van der Waals surface area contributed by atoms with Gasteiger partial charge in [0.2, 0.25) is 21.8 Å². The molecular weight excluding hydrogens is 502 g/mol. The van der Waals surface area contributed by atoms with Crippen LogP contribution in [0.5, 0.6) is 0 Å². The van der Waals surface area contributed by atoms with Crippen LogP contribution in [0.1, 0.15) is 38.3 Å². The van der Waals surface area contributed by atoms with Crippen LogP contribution in [0.4, 0.5) is 0 Å². The van der Waals surface area contributed by atoms with E-state index in [0.717, 1.165) is 21.7 Å². The molecule has 0 radical (unpaired) electrons. The van der Waals surface area contributed by atoms with Crippen LogP contribution in [0, 0.1) is 0 Å². The predicted molar refractivity (Wildman–Crippen MR) is 142 cm³/mol. The minimum atomic E-state index is -3.69. The average molecular weight is 538 g/mol. The highest BCUT2D eigenvalue weighted by atomic mass is 35.5. The maximum atomic E-state index is 13.5. The van der Waals surface area contributed by atoms with Gasteiger partial charge in [0, 0.05) is 31.3 Å². The molecule has 0 saturated carbocycles. The lowest BCUT2D eigenvalue weighted by molar-refractivity contribution is -0.140. The Labute approximate surface area is 219 Å². The molecule has 0 bridgehead atoms. The number of halogens is 1. The minimum Gasteiger partial charge on any atom is -0.379 e. The molecular formula is C26H36ClN3O5S. The van der Waals surface area contributed by atoms with Crippen LogP contribution in [0.3, 0.4) is 0 Å². The van der Waals surface area contributed by atoms with E-state index in [9.17, 15) is 18.0 Å². The number of hydrogen-bond acceptors (Lipinski definition) is 5. The van der Waals surface area contributed by atoms with Crippen molar-refractivity contribution in [2.24, 2.45) is 0 Å². The summed E-state index contributed by atoms with van der Waals surface area (Å²) in [5, 5.41) is 3.40. The fourth-order valence-corrected chi connectivity index (χ4v) is 4.29. The van der Waals surface area contributed by atoms with Crippen LogP contribution in [-0.4, -0.2) is 67.5 Å². The third kappa shape index (κ3) is 10.3. The maximum Gasteiger partial charge on any atom is 0.242 e. The number of benzene rings is 2. The van der Waals surface area contributed by atoms with E-state index < -0.39 is 22.0 Å². The van der Waals surface area contributed by atoms with E-state index in [2.05, 4.69) is 5.32 Å².